The second kappa shape index (κ2) is 3.15. The SMILES string of the molecule is Cc1cc(C(F)(F)F)nc(I)n1. The molecule has 1 rings (SSSR count). The summed E-state index contributed by atoms with van der Waals surface area (Å²) in [5, 5.41) is 0. The zero-order valence-corrected chi connectivity index (χ0v) is 8.14. The molecular formula is C6H4F3IN2. The summed E-state index contributed by atoms with van der Waals surface area (Å²) in [5.74, 6) is 0. The van der Waals surface area contributed by atoms with Crippen LogP contribution in [0, 0.1) is 10.8 Å². The zero-order chi connectivity index (χ0) is 9.35. The molecule has 0 N–H and O–H groups in total. The van der Waals surface area contributed by atoms with Crippen molar-refractivity contribution in [2.75, 3.05) is 0 Å². The van der Waals surface area contributed by atoms with Crippen molar-refractivity contribution in [3.8, 4) is 0 Å². The lowest BCUT2D eigenvalue weighted by atomic mass is 10.3. The lowest BCUT2D eigenvalue weighted by Crippen LogP contribution is -2.10. The van der Waals surface area contributed by atoms with E-state index in [1.165, 1.54) is 6.92 Å². The number of hydrogen-bond acceptors (Lipinski definition) is 2. The summed E-state index contributed by atoms with van der Waals surface area (Å²) in [6.45, 7) is 1.50. The highest BCUT2D eigenvalue weighted by Gasteiger charge is 2.33. The van der Waals surface area contributed by atoms with Crippen molar-refractivity contribution in [2.24, 2.45) is 0 Å². The minimum Gasteiger partial charge on any atom is -0.228 e. The first-order valence-corrected chi connectivity index (χ1v) is 4.06. The first-order chi connectivity index (χ1) is 5.39. The first-order valence-electron chi connectivity index (χ1n) is 2.98. The van der Waals surface area contributed by atoms with Crippen LogP contribution in [0.5, 0.6) is 0 Å². The average Bonchev–Trinajstić information content (AvgIpc) is 1.82. The summed E-state index contributed by atoms with van der Waals surface area (Å²) in [7, 11) is 0. The molecule has 0 radical (unpaired) electrons. The van der Waals surface area contributed by atoms with Gasteiger partial charge in [-0.2, -0.15) is 13.2 Å². The van der Waals surface area contributed by atoms with Crippen molar-refractivity contribution in [1.29, 1.82) is 0 Å². The predicted octanol–water partition coefficient (Wildman–Crippen LogP) is 2.41. The van der Waals surface area contributed by atoms with Crippen LogP contribution in [0.1, 0.15) is 11.4 Å². The molecule has 2 nitrogen and oxygen atoms in total. The quantitative estimate of drug-likeness (QED) is 0.541. The Balaban J connectivity index is 3.18. The predicted molar refractivity (Wildman–Crippen MR) is 44.5 cm³/mol. The van der Waals surface area contributed by atoms with E-state index in [1.807, 2.05) is 0 Å². The number of aryl methyl sites for hydroxylation is 1. The van der Waals surface area contributed by atoms with Crippen molar-refractivity contribution in [1.82, 2.24) is 9.97 Å². The third kappa shape index (κ3) is 2.29. The largest absolute Gasteiger partial charge is 0.433 e. The summed E-state index contributed by atoms with van der Waals surface area (Å²) >= 11 is 1.65. The van der Waals surface area contributed by atoms with Crippen LogP contribution < -0.4 is 0 Å². The molecule has 0 aromatic carbocycles. The van der Waals surface area contributed by atoms with E-state index >= 15 is 0 Å². The third-order valence-corrected chi connectivity index (χ3v) is 1.60. The Labute approximate surface area is 80.4 Å². The Morgan fingerprint density at radius 3 is 2.33 bits per heavy atom. The number of hydrogen-bond donors (Lipinski definition) is 0. The molecule has 6 heteroatoms. The Hall–Kier alpha value is -0.400. The fourth-order valence-electron chi connectivity index (χ4n) is 0.678. The molecule has 0 saturated carbocycles. The van der Waals surface area contributed by atoms with Gasteiger partial charge in [0, 0.05) is 28.3 Å². The Kier molecular flexibility index (Phi) is 2.55. The van der Waals surface area contributed by atoms with Crippen molar-refractivity contribution in [3.05, 3.63) is 21.3 Å². The summed E-state index contributed by atoms with van der Waals surface area (Å²) in [6, 6.07) is 0.919. The fraction of sp³-hybridized carbons (Fsp3) is 0.333. The van der Waals surface area contributed by atoms with Gasteiger partial charge in [-0.3, -0.25) is 0 Å². The van der Waals surface area contributed by atoms with E-state index in [0.717, 1.165) is 6.07 Å². The van der Waals surface area contributed by atoms with E-state index in [9.17, 15) is 13.2 Å². The standard InChI is InChI=1S/C6H4F3IN2/c1-3-2-4(6(7,8)9)12-5(10)11-3/h2H,1H3. The third-order valence-electron chi connectivity index (χ3n) is 1.12. The van der Waals surface area contributed by atoms with Gasteiger partial charge in [0.1, 0.15) is 5.69 Å². The highest BCUT2D eigenvalue weighted by Crippen LogP contribution is 2.27. The van der Waals surface area contributed by atoms with Gasteiger partial charge in [-0.15, -0.1) is 0 Å². The van der Waals surface area contributed by atoms with Crippen LogP contribution in [0.25, 0.3) is 0 Å². The molecule has 0 fully saturated rings. The Bertz CT molecular complexity index is 277. The van der Waals surface area contributed by atoms with Crippen LogP contribution in [-0.2, 0) is 6.18 Å². The van der Waals surface area contributed by atoms with Crippen LogP contribution in [0.15, 0.2) is 6.07 Å². The number of nitrogens with zero attached hydrogens (tertiary/aromatic N) is 2. The van der Waals surface area contributed by atoms with Crippen molar-refractivity contribution in [3.63, 3.8) is 0 Å². The first kappa shape index (κ1) is 9.69. The second-order valence-corrected chi connectivity index (χ2v) is 3.13. The molecule has 0 bridgehead atoms. The van der Waals surface area contributed by atoms with Gasteiger partial charge < -0.3 is 0 Å². The van der Waals surface area contributed by atoms with E-state index in [0.29, 0.717) is 5.69 Å². The molecule has 0 spiro atoms. The van der Waals surface area contributed by atoms with Crippen molar-refractivity contribution < 1.29 is 13.2 Å². The fourth-order valence-corrected chi connectivity index (χ4v) is 1.32. The van der Waals surface area contributed by atoms with E-state index in [1.54, 1.807) is 22.6 Å². The zero-order valence-electron chi connectivity index (χ0n) is 5.98. The number of rotatable bonds is 0. The lowest BCUT2D eigenvalue weighted by molar-refractivity contribution is -0.141. The van der Waals surface area contributed by atoms with E-state index in [4.69, 9.17) is 0 Å². The Morgan fingerprint density at radius 1 is 1.33 bits per heavy atom. The van der Waals surface area contributed by atoms with Gasteiger partial charge in [0.05, 0.1) is 0 Å². The van der Waals surface area contributed by atoms with E-state index in [2.05, 4.69) is 9.97 Å². The molecule has 0 amide bonds. The lowest BCUT2D eigenvalue weighted by Gasteiger charge is -2.05. The summed E-state index contributed by atoms with van der Waals surface area (Å²) in [4.78, 5) is 6.98. The second-order valence-electron chi connectivity index (χ2n) is 2.16. The number of alkyl halides is 3. The molecule has 1 aromatic rings. The number of aromatic nitrogens is 2. The topological polar surface area (TPSA) is 25.8 Å². The van der Waals surface area contributed by atoms with Gasteiger partial charge >= 0.3 is 6.18 Å². The normalized spacial score (nSPS) is 11.8. The molecule has 0 aliphatic rings. The number of halogens is 4. The molecule has 66 valence electrons. The van der Waals surface area contributed by atoms with Gasteiger partial charge in [-0.05, 0) is 13.0 Å². The van der Waals surface area contributed by atoms with Gasteiger partial charge in [0.2, 0.25) is 0 Å². The molecule has 1 heterocycles. The molecule has 0 aliphatic carbocycles. The summed E-state index contributed by atoms with van der Waals surface area (Å²) < 4.78 is 36.3. The highest BCUT2D eigenvalue weighted by atomic mass is 127. The molecule has 0 aliphatic heterocycles. The summed E-state index contributed by atoms with van der Waals surface area (Å²) in [5.41, 5.74) is -0.568. The molecule has 0 atom stereocenters. The van der Waals surface area contributed by atoms with Crippen molar-refractivity contribution >= 4 is 22.6 Å². The highest BCUT2D eigenvalue weighted by molar-refractivity contribution is 14.1. The minimum atomic E-state index is -4.38. The maximum atomic E-state index is 12.1. The maximum Gasteiger partial charge on any atom is 0.433 e. The molecular weight excluding hydrogens is 284 g/mol. The average molecular weight is 288 g/mol. The molecule has 1 aromatic heterocycles. The van der Waals surface area contributed by atoms with Crippen LogP contribution in [0.3, 0.4) is 0 Å². The van der Waals surface area contributed by atoms with E-state index < -0.39 is 11.9 Å². The van der Waals surface area contributed by atoms with Crippen molar-refractivity contribution in [2.45, 2.75) is 13.1 Å². The van der Waals surface area contributed by atoms with Gasteiger partial charge in [0.25, 0.3) is 0 Å². The maximum absolute atomic E-state index is 12.1. The smallest absolute Gasteiger partial charge is 0.228 e. The molecule has 0 saturated heterocycles. The van der Waals surface area contributed by atoms with Crippen LogP contribution in [0.2, 0.25) is 0 Å². The van der Waals surface area contributed by atoms with Gasteiger partial charge in [0.15, 0.2) is 3.83 Å². The minimum absolute atomic E-state index is 0.111. The van der Waals surface area contributed by atoms with Gasteiger partial charge in [-0.1, -0.05) is 0 Å². The summed E-state index contributed by atoms with van der Waals surface area (Å²) in [6.07, 6.45) is -4.38. The Morgan fingerprint density at radius 2 is 1.92 bits per heavy atom. The van der Waals surface area contributed by atoms with Crippen LogP contribution in [0.4, 0.5) is 13.2 Å². The monoisotopic (exact) mass is 288 g/mol. The molecule has 12 heavy (non-hydrogen) atoms. The van der Waals surface area contributed by atoms with E-state index in [-0.39, 0.29) is 3.83 Å². The van der Waals surface area contributed by atoms with Crippen LogP contribution in [-0.4, -0.2) is 9.97 Å². The molecule has 0 unspecified atom stereocenters. The van der Waals surface area contributed by atoms with Gasteiger partial charge in [-0.25, -0.2) is 9.97 Å². The van der Waals surface area contributed by atoms with Crippen LogP contribution >= 0.6 is 22.6 Å².